The average molecular weight is 310 g/mol. The molecule has 0 aromatic heterocycles. The molecule has 0 aromatic carbocycles. The van der Waals surface area contributed by atoms with Gasteiger partial charge in [0, 0.05) is 6.42 Å². The quantitative estimate of drug-likeness (QED) is 0.357. The lowest BCUT2D eigenvalue weighted by Gasteiger charge is -2.06. The van der Waals surface area contributed by atoms with Crippen LogP contribution in [0.2, 0.25) is 0 Å². The zero-order chi connectivity index (χ0) is 16.6. The third kappa shape index (κ3) is 13.4. The summed E-state index contributed by atoms with van der Waals surface area (Å²) in [6.45, 7) is 2.16. The Labute approximate surface area is 133 Å². The molecule has 0 aliphatic heterocycles. The smallest absolute Gasteiger partial charge is 0.307 e. The fourth-order valence-electron chi connectivity index (χ4n) is 2.11. The minimum Gasteiger partial charge on any atom is -0.481 e. The largest absolute Gasteiger partial charge is 0.481 e. The molecule has 22 heavy (non-hydrogen) atoms. The third-order valence-electron chi connectivity index (χ3n) is 3.51. The highest BCUT2D eigenvalue weighted by Crippen LogP contribution is 2.12. The fourth-order valence-corrected chi connectivity index (χ4v) is 2.11. The summed E-state index contributed by atoms with van der Waals surface area (Å²) in [6, 6.07) is 0. The van der Waals surface area contributed by atoms with Gasteiger partial charge in [-0.05, 0) is 44.9 Å². The molecule has 0 aliphatic rings. The van der Waals surface area contributed by atoms with Crippen molar-refractivity contribution in [2.45, 2.75) is 71.1 Å². The van der Waals surface area contributed by atoms with Crippen LogP contribution in [0.15, 0.2) is 24.3 Å². The van der Waals surface area contributed by atoms with E-state index in [1.165, 1.54) is 19.3 Å². The van der Waals surface area contributed by atoms with Gasteiger partial charge in [-0.25, -0.2) is 0 Å². The molecule has 1 atom stereocenters. The van der Waals surface area contributed by atoms with Gasteiger partial charge in [0.2, 0.25) is 0 Å². The number of allylic oxidation sites excluding steroid dienone is 4. The Morgan fingerprint density at radius 2 is 1.41 bits per heavy atom. The van der Waals surface area contributed by atoms with Gasteiger partial charge >= 0.3 is 11.9 Å². The molecule has 0 saturated carbocycles. The zero-order valence-corrected chi connectivity index (χ0v) is 13.7. The van der Waals surface area contributed by atoms with Gasteiger partial charge in [-0.3, -0.25) is 9.59 Å². The van der Waals surface area contributed by atoms with E-state index < -0.39 is 11.9 Å². The summed E-state index contributed by atoms with van der Waals surface area (Å²) < 4.78 is 0. The molecule has 0 spiro atoms. The number of hydrogen-bond acceptors (Lipinski definition) is 2. The molecule has 0 fully saturated rings. The molecule has 0 aromatic rings. The molecule has 0 rings (SSSR count). The van der Waals surface area contributed by atoms with Crippen LogP contribution in [0.5, 0.6) is 0 Å². The molecule has 0 aliphatic carbocycles. The van der Waals surface area contributed by atoms with E-state index in [2.05, 4.69) is 13.0 Å². The molecule has 0 amide bonds. The van der Waals surface area contributed by atoms with E-state index >= 15 is 0 Å². The Bertz CT molecular complexity index is 358. The Morgan fingerprint density at radius 3 is 1.86 bits per heavy atom. The maximum Gasteiger partial charge on any atom is 0.307 e. The van der Waals surface area contributed by atoms with Gasteiger partial charge in [0.25, 0.3) is 0 Å². The van der Waals surface area contributed by atoms with Crippen LogP contribution in [0, 0.1) is 5.92 Å². The summed E-state index contributed by atoms with van der Waals surface area (Å²) in [5.41, 5.74) is 0. The lowest BCUT2D eigenvalue weighted by molar-refractivity contribution is -0.141. The van der Waals surface area contributed by atoms with Crippen molar-refractivity contribution in [2.24, 2.45) is 5.92 Å². The summed E-state index contributed by atoms with van der Waals surface area (Å²) in [6.07, 6.45) is 16.2. The first-order valence-electron chi connectivity index (χ1n) is 8.32. The summed E-state index contributed by atoms with van der Waals surface area (Å²) >= 11 is 0. The van der Waals surface area contributed by atoms with Crippen LogP contribution in [0.1, 0.15) is 71.1 Å². The standard InChI is InChI=1S/C18H30O4/c1-2-3-4-5-7-10-13-16(18(21)22)14-11-8-6-9-12-15-17(19)20/h7-8,10-11,16H,2-6,9,12-15H2,1H3,(H,19,20)(H,21,22). The number of carboxylic acids is 2. The van der Waals surface area contributed by atoms with Crippen molar-refractivity contribution in [2.75, 3.05) is 0 Å². The highest BCUT2D eigenvalue weighted by Gasteiger charge is 2.13. The van der Waals surface area contributed by atoms with Crippen molar-refractivity contribution in [3.63, 3.8) is 0 Å². The second-order valence-corrected chi connectivity index (χ2v) is 5.58. The molecule has 126 valence electrons. The first kappa shape index (κ1) is 20.4. The molecule has 0 saturated heterocycles. The minimum absolute atomic E-state index is 0.203. The topological polar surface area (TPSA) is 74.6 Å². The Hall–Kier alpha value is -1.58. The van der Waals surface area contributed by atoms with E-state index in [0.29, 0.717) is 19.3 Å². The third-order valence-corrected chi connectivity index (χ3v) is 3.51. The second-order valence-electron chi connectivity index (χ2n) is 5.58. The molecule has 0 heterocycles. The van der Waals surface area contributed by atoms with Crippen molar-refractivity contribution in [1.29, 1.82) is 0 Å². The van der Waals surface area contributed by atoms with E-state index in [4.69, 9.17) is 5.11 Å². The molecule has 0 bridgehead atoms. The van der Waals surface area contributed by atoms with E-state index in [-0.39, 0.29) is 12.3 Å². The molecule has 0 radical (unpaired) electrons. The van der Waals surface area contributed by atoms with Gasteiger partial charge in [0.05, 0.1) is 5.92 Å². The van der Waals surface area contributed by atoms with Crippen LogP contribution in [-0.4, -0.2) is 22.2 Å². The molecular formula is C18H30O4. The SMILES string of the molecule is CCCCCC=CCC(CC=CCCCCC(=O)O)C(=O)O. The first-order chi connectivity index (χ1) is 10.6. The lowest BCUT2D eigenvalue weighted by atomic mass is 10.00. The minimum atomic E-state index is -0.763. The number of unbranched alkanes of at least 4 members (excludes halogenated alkanes) is 5. The van der Waals surface area contributed by atoms with Crippen LogP contribution >= 0.6 is 0 Å². The summed E-state index contributed by atoms with van der Waals surface area (Å²) in [5.74, 6) is -1.88. The molecule has 2 N–H and O–H groups in total. The van der Waals surface area contributed by atoms with Gasteiger partial charge < -0.3 is 10.2 Å². The van der Waals surface area contributed by atoms with E-state index in [1.807, 2.05) is 18.2 Å². The number of aliphatic carboxylic acids is 2. The van der Waals surface area contributed by atoms with Crippen LogP contribution in [0.25, 0.3) is 0 Å². The zero-order valence-electron chi connectivity index (χ0n) is 13.7. The monoisotopic (exact) mass is 310 g/mol. The lowest BCUT2D eigenvalue weighted by Crippen LogP contribution is -2.11. The second kappa shape index (κ2) is 14.4. The highest BCUT2D eigenvalue weighted by molar-refractivity contribution is 5.70. The molecule has 4 heteroatoms. The number of carboxylic acid groups (broad SMARTS) is 2. The number of rotatable bonds is 14. The highest BCUT2D eigenvalue weighted by atomic mass is 16.4. The summed E-state index contributed by atoms with van der Waals surface area (Å²) in [4.78, 5) is 21.5. The van der Waals surface area contributed by atoms with Gasteiger partial charge in [-0.1, -0.05) is 44.1 Å². The van der Waals surface area contributed by atoms with Gasteiger partial charge in [0.15, 0.2) is 0 Å². The van der Waals surface area contributed by atoms with Gasteiger partial charge in [-0.2, -0.15) is 0 Å². The van der Waals surface area contributed by atoms with Crippen LogP contribution in [0.4, 0.5) is 0 Å². The Balaban J connectivity index is 3.84. The predicted molar refractivity (Wildman–Crippen MR) is 88.9 cm³/mol. The number of hydrogen-bond donors (Lipinski definition) is 2. The van der Waals surface area contributed by atoms with E-state index in [9.17, 15) is 14.7 Å². The van der Waals surface area contributed by atoms with Gasteiger partial charge in [-0.15, -0.1) is 0 Å². The number of carbonyl (C=O) groups is 2. The van der Waals surface area contributed by atoms with Crippen LogP contribution in [-0.2, 0) is 9.59 Å². The molecule has 1 unspecified atom stereocenters. The van der Waals surface area contributed by atoms with E-state index in [1.54, 1.807) is 0 Å². The maximum absolute atomic E-state index is 11.2. The summed E-state index contributed by atoms with van der Waals surface area (Å²) in [7, 11) is 0. The van der Waals surface area contributed by atoms with Crippen molar-refractivity contribution in [3.05, 3.63) is 24.3 Å². The maximum atomic E-state index is 11.2. The fraction of sp³-hybridized carbons (Fsp3) is 0.667. The van der Waals surface area contributed by atoms with Crippen molar-refractivity contribution >= 4 is 11.9 Å². The average Bonchev–Trinajstić information content (AvgIpc) is 2.46. The predicted octanol–water partition coefficient (Wildman–Crippen LogP) is 4.81. The molecular weight excluding hydrogens is 280 g/mol. The summed E-state index contributed by atoms with van der Waals surface area (Å²) in [5, 5.41) is 17.7. The Kier molecular flexibility index (Phi) is 13.3. The Morgan fingerprint density at radius 1 is 0.864 bits per heavy atom. The normalized spacial score (nSPS) is 13.0. The van der Waals surface area contributed by atoms with Crippen molar-refractivity contribution in [1.82, 2.24) is 0 Å². The van der Waals surface area contributed by atoms with E-state index in [0.717, 1.165) is 19.3 Å². The molecule has 4 nitrogen and oxygen atoms in total. The van der Waals surface area contributed by atoms with Crippen LogP contribution in [0.3, 0.4) is 0 Å². The first-order valence-corrected chi connectivity index (χ1v) is 8.32. The van der Waals surface area contributed by atoms with Crippen molar-refractivity contribution < 1.29 is 19.8 Å². The van der Waals surface area contributed by atoms with Crippen molar-refractivity contribution in [3.8, 4) is 0 Å². The van der Waals surface area contributed by atoms with Crippen LogP contribution < -0.4 is 0 Å². The van der Waals surface area contributed by atoms with Gasteiger partial charge in [0.1, 0.15) is 0 Å².